The van der Waals surface area contributed by atoms with E-state index in [2.05, 4.69) is 5.32 Å². The molecule has 2 bridgehead atoms. The molecule has 2 fully saturated rings. The lowest BCUT2D eigenvalue weighted by Gasteiger charge is -2.21. The first kappa shape index (κ1) is 15.1. The van der Waals surface area contributed by atoms with E-state index in [0.717, 1.165) is 17.4 Å². The van der Waals surface area contributed by atoms with E-state index >= 15 is 0 Å². The van der Waals surface area contributed by atoms with Gasteiger partial charge in [0.2, 0.25) is 0 Å². The largest absolute Gasteiger partial charge is 0.464 e. The van der Waals surface area contributed by atoms with Crippen LogP contribution in [0, 0.1) is 24.7 Å². The third kappa shape index (κ3) is 3.49. The molecule has 0 aromatic heterocycles. The van der Waals surface area contributed by atoms with Gasteiger partial charge in [0, 0.05) is 5.56 Å². The summed E-state index contributed by atoms with van der Waals surface area (Å²) in [7, 11) is 0. The molecule has 22 heavy (non-hydrogen) atoms. The fourth-order valence-corrected chi connectivity index (χ4v) is 3.79. The van der Waals surface area contributed by atoms with E-state index in [1.165, 1.54) is 25.7 Å². The van der Waals surface area contributed by atoms with Crippen LogP contribution in [-0.4, -0.2) is 25.0 Å². The zero-order valence-electron chi connectivity index (χ0n) is 13.0. The Morgan fingerprint density at radius 3 is 2.59 bits per heavy atom. The fraction of sp³-hybridized carbons (Fsp3) is 0.556. The summed E-state index contributed by atoms with van der Waals surface area (Å²) >= 11 is 0. The van der Waals surface area contributed by atoms with Crippen molar-refractivity contribution in [3.8, 4) is 0 Å². The maximum atomic E-state index is 11.9. The van der Waals surface area contributed by atoms with Gasteiger partial charge in [-0.25, -0.2) is 0 Å². The highest BCUT2D eigenvalue weighted by molar-refractivity contribution is 5.95. The van der Waals surface area contributed by atoms with E-state index in [4.69, 9.17) is 4.74 Å². The van der Waals surface area contributed by atoms with Crippen LogP contribution in [0.25, 0.3) is 0 Å². The summed E-state index contributed by atoms with van der Waals surface area (Å²) < 4.78 is 5.33. The smallest absolute Gasteiger partial charge is 0.325 e. The third-order valence-corrected chi connectivity index (χ3v) is 5.05. The van der Waals surface area contributed by atoms with Crippen LogP contribution in [0.3, 0.4) is 0 Å². The first-order valence-electron chi connectivity index (χ1n) is 8.12. The van der Waals surface area contributed by atoms with Crippen LogP contribution in [0.5, 0.6) is 0 Å². The van der Waals surface area contributed by atoms with Crippen molar-refractivity contribution in [1.82, 2.24) is 5.32 Å². The minimum atomic E-state index is -0.344. The summed E-state index contributed by atoms with van der Waals surface area (Å²) in [5.41, 5.74) is 1.66. The van der Waals surface area contributed by atoms with Gasteiger partial charge in [0.1, 0.15) is 6.54 Å². The van der Waals surface area contributed by atoms with Crippen LogP contribution in [-0.2, 0) is 9.53 Å². The quantitative estimate of drug-likeness (QED) is 0.851. The van der Waals surface area contributed by atoms with Crippen LogP contribution in [0.15, 0.2) is 24.3 Å². The van der Waals surface area contributed by atoms with Crippen molar-refractivity contribution in [3.05, 3.63) is 35.4 Å². The number of nitrogens with one attached hydrogen (secondary N) is 1. The van der Waals surface area contributed by atoms with Crippen LogP contribution >= 0.6 is 0 Å². The summed E-state index contributed by atoms with van der Waals surface area (Å²) in [6.07, 6.45) is 5.15. The van der Waals surface area contributed by atoms with Crippen molar-refractivity contribution in [2.75, 3.05) is 13.2 Å². The number of ether oxygens (including phenoxy) is 1. The molecule has 3 rings (SSSR count). The fourth-order valence-electron chi connectivity index (χ4n) is 3.79. The van der Waals surface area contributed by atoms with Crippen LogP contribution in [0.1, 0.15) is 41.6 Å². The van der Waals surface area contributed by atoms with Crippen LogP contribution in [0.2, 0.25) is 0 Å². The highest BCUT2D eigenvalue weighted by Gasteiger charge is 2.39. The number of rotatable bonds is 5. The van der Waals surface area contributed by atoms with E-state index in [1.54, 1.807) is 12.1 Å². The number of benzene rings is 1. The van der Waals surface area contributed by atoms with E-state index in [1.807, 2.05) is 19.1 Å². The van der Waals surface area contributed by atoms with E-state index in [0.29, 0.717) is 18.1 Å². The molecule has 2 aliphatic carbocycles. The standard InChI is InChI=1S/C18H23NO3/c1-12-2-5-14(6-3-12)18(21)19-10-17(20)22-11-16-9-13-4-7-15(16)8-13/h2-3,5-6,13,15-16H,4,7-11H2,1H3,(H,19,21). The molecule has 4 heteroatoms. The SMILES string of the molecule is Cc1ccc(C(=O)NCC(=O)OCC2CC3CCC2C3)cc1. The summed E-state index contributed by atoms with van der Waals surface area (Å²) in [6, 6.07) is 7.27. The maximum absolute atomic E-state index is 11.9. The lowest BCUT2D eigenvalue weighted by molar-refractivity contribution is -0.144. The van der Waals surface area contributed by atoms with Crippen molar-refractivity contribution in [2.24, 2.45) is 17.8 Å². The molecule has 3 atom stereocenters. The van der Waals surface area contributed by atoms with Gasteiger partial charge >= 0.3 is 5.97 Å². The van der Waals surface area contributed by atoms with Gasteiger partial charge in [0.15, 0.2) is 0 Å². The third-order valence-electron chi connectivity index (χ3n) is 5.05. The van der Waals surface area contributed by atoms with Gasteiger partial charge in [0.25, 0.3) is 5.91 Å². The first-order chi connectivity index (χ1) is 10.6. The monoisotopic (exact) mass is 301 g/mol. The van der Waals surface area contributed by atoms with Gasteiger partial charge < -0.3 is 10.1 Å². The lowest BCUT2D eigenvalue weighted by atomic mass is 9.90. The molecule has 0 radical (unpaired) electrons. The van der Waals surface area contributed by atoms with Crippen molar-refractivity contribution in [3.63, 3.8) is 0 Å². The minimum absolute atomic E-state index is 0.0620. The van der Waals surface area contributed by atoms with Crippen molar-refractivity contribution >= 4 is 11.9 Å². The molecule has 1 amide bonds. The van der Waals surface area contributed by atoms with Gasteiger partial charge in [-0.1, -0.05) is 24.1 Å². The zero-order valence-corrected chi connectivity index (χ0v) is 13.0. The second-order valence-electron chi connectivity index (χ2n) is 6.67. The highest BCUT2D eigenvalue weighted by Crippen LogP contribution is 2.48. The predicted octanol–water partition coefficient (Wildman–Crippen LogP) is 2.70. The summed E-state index contributed by atoms with van der Waals surface area (Å²) in [5, 5.41) is 2.61. The van der Waals surface area contributed by atoms with Crippen LogP contribution in [0.4, 0.5) is 0 Å². The van der Waals surface area contributed by atoms with E-state index in [9.17, 15) is 9.59 Å². The van der Waals surface area contributed by atoms with Crippen molar-refractivity contribution < 1.29 is 14.3 Å². The Bertz CT molecular complexity index is 552. The molecule has 0 heterocycles. The van der Waals surface area contributed by atoms with E-state index in [-0.39, 0.29) is 18.4 Å². The Morgan fingerprint density at radius 2 is 1.95 bits per heavy atom. The predicted molar refractivity (Wildman–Crippen MR) is 83.4 cm³/mol. The van der Waals surface area contributed by atoms with Gasteiger partial charge in [-0.05, 0) is 56.1 Å². The van der Waals surface area contributed by atoms with Gasteiger partial charge in [0.05, 0.1) is 6.61 Å². The molecule has 4 nitrogen and oxygen atoms in total. The number of esters is 1. The molecule has 118 valence electrons. The summed E-state index contributed by atoms with van der Waals surface area (Å²) in [6.45, 7) is 2.42. The molecule has 0 aliphatic heterocycles. The summed E-state index contributed by atoms with van der Waals surface area (Å²) in [4.78, 5) is 23.7. The molecule has 0 saturated heterocycles. The molecule has 3 unspecified atom stereocenters. The zero-order chi connectivity index (χ0) is 15.5. The topological polar surface area (TPSA) is 55.4 Å². The summed E-state index contributed by atoms with van der Waals surface area (Å²) in [5.74, 6) is 1.56. The highest BCUT2D eigenvalue weighted by atomic mass is 16.5. The number of fused-ring (bicyclic) bond motifs is 2. The Kier molecular flexibility index (Phi) is 4.46. The number of aryl methyl sites for hydroxylation is 1. The number of carbonyl (C=O) groups is 2. The number of amides is 1. The van der Waals surface area contributed by atoms with Gasteiger partial charge in [-0.3, -0.25) is 9.59 Å². The number of hydrogen-bond acceptors (Lipinski definition) is 3. The molecular weight excluding hydrogens is 278 g/mol. The Balaban J connectivity index is 1.39. The molecule has 1 aromatic carbocycles. The Morgan fingerprint density at radius 1 is 1.18 bits per heavy atom. The average Bonchev–Trinajstić information content (AvgIpc) is 3.14. The second-order valence-corrected chi connectivity index (χ2v) is 6.67. The van der Waals surface area contributed by atoms with Gasteiger partial charge in [-0.2, -0.15) is 0 Å². The second kappa shape index (κ2) is 6.51. The molecule has 2 saturated carbocycles. The lowest BCUT2D eigenvalue weighted by Crippen LogP contribution is -2.31. The molecular formula is C18H23NO3. The van der Waals surface area contributed by atoms with Gasteiger partial charge in [-0.15, -0.1) is 0 Å². The van der Waals surface area contributed by atoms with Crippen molar-refractivity contribution in [1.29, 1.82) is 0 Å². The molecule has 1 aromatic rings. The first-order valence-corrected chi connectivity index (χ1v) is 8.12. The number of hydrogen-bond donors (Lipinski definition) is 1. The molecule has 2 aliphatic rings. The Labute approximate surface area is 131 Å². The molecule has 0 spiro atoms. The van der Waals surface area contributed by atoms with E-state index < -0.39 is 0 Å². The Hall–Kier alpha value is -1.84. The van der Waals surface area contributed by atoms with Crippen LogP contribution < -0.4 is 5.32 Å². The average molecular weight is 301 g/mol. The molecule has 1 N–H and O–H groups in total. The normalized spacial score (nSPS) is 26.0. The van der Waals surface area contributed by atoms with Crippen molar-refractivity contribution in [2.45, 2.75) is 32.6 Å². The minimum Gasteiger partial charge on any atom is -0.464 e. The maximum Gasteiger partial charge on any atom is 0.325 e. The number of carbonyl (C=O) groups excluding carboxylic acids is 2.